The molecule has 2 saturated heterocycles. The summed E-state index contributed by atoms with van der Waals surface area (Å²) in [6.45, 7) is 14.7. The second-order valence-corrected chi connectivity index (χ2v) is 11.7. The smallest absolute Gasteiger partial charge is 0.410 e. The van der Waals surface area contributed by atoms with Crippen LogP contribution in [0.4, 0.5) is 9.59 Å². The molecule has 0 spiro atoms. The number of ether oxygens (including phenoxy) is 4. The summed E-state index contributed by atoms with van der Waals surface area (Å²) in [5.74, 6) is 1.17. The van der Waals surface area contributed by atoms with Crippen molar-refractivity contribution in [2.24, 2.45) is 11.8 Å². The van der Waals surface area contributed by atoms with Gasteiger partial charge in [0.15, 0.2) is 0 Å². The lowest BCUT2D eigenvalue weighted by Crippen LogP contribution is -2.44. The highest BCUT2D eigenvalue weighted by atomic mass is 16.6. The average molecular weight is 507 g/mol. The summed E-state index contributed by atoms with van der Waals surface area (Å²) in [6.07, 6.45) is 6.31. The molecule has 0 aromatic carbocycles. The van der Waals surface area contributed by atoms with Crippen LogP contribution >= 0.6 is 0 Å². The van der Waals surface area contributed by atoms with Crippen LogP contribution in [0.5, 0.6) is 11.8 Å². The van der Waals surface area contributed by atoms with E-state index in [-0.39, 0.29) is 24.0 Å². The Morgan fingerprint density at radius 1 is 0.806 bits per heavy atom. The molecule has 3 rings (SSSR count). The van der Waals surface area contributed by atoms with Gasteiger partial charge >= 0.3 is 12.2 Å². The highest BCUT2D eigenvalue weighted by Gasteiger charge is 2.29. The van der Waals surface area contributed by atoms with Crippen LogP contribution in [0.2, 0.25) is 0 Å². The summed E-state index contributed by atoms with van der Waals surface area (Å²) in [5.41, 5.74) is -1.02. The number of carbonyl (C=O) groups is 2. The number of hydrogen-bond acceptors (Lipinski definition) is 8. The fraction of sp³-hybridized carbons (Fsp3) is 0.769. The molecule has 0 unspecified atom stereocenters. The maximum atomic E-state index is 12.4. The number of amides is 2. The van der Waals surface area contributed by atoms with Gasteiger partial charge < -0.3 is 28.7 Å². The van der Waals surface area contributed by atoms with Gasteiger partial charge in [0.25, 0.3) is 0 Å². The van der Waals surface area contributed by atoms with Crippen molar-refractivity contribution in [2.75, 3.05) is 39.4 Å². The van der Waals surface area contributed by atoms with Gasteiger partial charge in [-0.2, -0.15) is 4.98 Å². The van der Waals surface area contributed by atoms with E-state index in [0.29, 0.717) is 51.2 Å². The lowest BCUT2D eigenvalue weighted by Gasteiger charge is -2.34. The highest BCUT2D eigenvalue weighted by molar-refractivity contribution is 5.68. The van der Waals surface area contributed by atoms with Gasteiger partial charge in [-0.1, -0.05) is 0 Å². The van der Waals surface area contributed by atoms with E-state index in [1.54, 1.807) is 22.2 Å². The molecule has 2 aliphatic rings. The van der Waals surface area contributed by atoms with E-state index in [4.69, 9.17) is 18.9 Å². The molecule has 2 atom stereocenters. The molecule has 0 radical (unpaired) electrons. The molecular formula is C26H42N4O6. The van der Waals surface area contributed by atoms with Crippen LogP contribution in [0, 0.1) is 11.8 Å². The van der Waals surface area contributed by atoms with Crippen molar-refractivity contribution < 1.29 is 28.5 Å². The van der Waals surface area contributed by atoms with Gasteiger partial charge in [0.2, 0.25) is 11.8 Å². The normalized spacial score (nSPS) is 21.1. The Morgan fingerprint density at radius 3 is 1.61 bits per heavy atom. The van der Waals surface area contributed by atoms with Crippen LogP contribution in [0.15, 0.2) is 12.4 Å². The van der Waals surface area contributed by atoms with Gasteiger partial charge in [-0.3, -0.25) is 4.98 Å². The highest BCUT2D eigenvalue weighted by Crippen LogP contribution is 2.23. The summed E-state index contributed by atoms with van der Waals surface area (Å²) in [7, 11) is 0. The monoisotopic (exact) mass is 506 g/mol. The molecule has 202 valence electrons. The molecule has 10 nitrogen and oxygen atoms in total. The molecular weight excluding hydrogens is 464 g/mol. The van der Waals surface area contributed by atoms with Crippen molar-refractivity contribution in [1.82, 2.24) is 19.8 Å². The molecule has 2 fully saturated rings. The zero-order chi connectivity index (χ0) is 26.3. The van der Waals surface area contributed by atoms with Crippen LogP contribution in [0.1, 0.15) is 67.2 Å². The Labute approximate surface area is 214 Å². The fourth-order valence-corrected chi connectivity index (χ4v) is 4.26. The number of rotatable bonds is 6. The van der Waals surface area contributed by atoms with Gasteiger partial charge in [-0.15, -0.1) is 0 Å². The number of piperidine rings is 2. The van der Waals surface area contributed by atoms with Gasteiger partial charge in [0.05, 0.1) is 25.6 Å². The largest absolute Gasteiger partial charge is 0.476 e. The Morgan fingerprint density at radius 2 is 1.22 bits per heavy atom. The zero-order valence-electron chi connectivity index (χ0n) is 22.6. The third kappa shape index (κ3) is 9.35. The van der Waals surface area contributed by atoms with Crippen LogP contribution in [0.25, 0.3) is 0 Å². The zero-order valence-corrected chi connectivity index (χ0v) is 22.6. The van der Waals surface area contributed by atoms with Crippen LogP contribution in [-0.4, -0.2) is 82.5 Å². The first-order chi connectivity index (χ1) is 16.9. The predicted octanol–water partition coefficient (Wildman–Crippen LogP) is 4.53. The van der Waals surface area contributed by atoms with Crippen molar-refractivity contribution >= 4 is 12.2 Å². The Bertz CT molecular complexity index is 815. The molecule has 0 aliphatic carbocycles. The van der Waals surface area contributed by atoms with Gasteiger partial charge in [-0.05, 0) is 67.2 Å². The van der Waals surface area contributed by atoms with Crippen molar-refractivity contribution in [1.29, 1.82) is 0 Å². The summed E-state index contributed by atoms with van der Waals surface area (Å²) < 4.78 is 22.8. The molecule has 10 heteroatoms. The molecule has 2 aliphatic heterocycles. The third-order valence-corrected chi connectivity index (χ3v) is 5.87. The standard InChI is InChI=1S/C26H42N4O6/c1-25(2,3)35-23(31)29-11-7-9-19(15-29)17-33-21-13-27-14-22(28-21)34-18-20-10-8-12-30(16-20)24(32)36-26(4,5)6/h13-14,19-20H,7-12,15-18H2,1-6H3/t19-,20-/m0/s1. The van der Waals surface area contributed by atoms with Gasteiger partial charge in [-0.25, -0.2) is 9.59 Å². The SMILES string of the molecule is CC(C)(C)OC(=O)N1CCC[C@H](COc2cncc(OC[C@H]3CCCN(C(=O)OC(C)(C)C)C3)n2)C1. The molecule has 2 amide bonds. The maximum Gasteiger partial charge on any atom is 0.410 e. The van der Waals surface area contributed by atoms with E-state index in [1.165, 1.54) is 0 Å². The summed E-state index contributed by atoms with van der Waals surface area (Å²) in [5, 5.41) is 0. The summed E-state index contributed by atoms with van der Waals surface area (Å²) in [4.78, 5) is 36.9. The molecule has 3 heterocycles. The van der Waals surface area contributed by atoms with Crippen LogP contribution in [0.3, 0.4) is 0 Å². The number of nitrogens with zero attached hydrogens (tertiary/aromatic N) is 4. The third-order valence-electron chi connectivity index (χ3n) is 5.87. The first kappa shape index (κ1) is 27.8. The molecule has 1 aromatic rings. The molecule has 36 heavy (non-hydrogen) atoms. The van der Waals surface area contributed by atoms with Crippen LogP contribution in [-0.2, 0) is 9.47 Å². The Kier molecular flexibility index (Phi) is 9.24. The topological polar surface area (TPSA) is 103 Å². The van der Waals surface area contributed by atoms with Crippen molar-refractivity contribution in [3.8, 4) is 11.8 Å². The Balaban J connectivity index is 1.45. The van der Waals surface area contributed by atoms with E-state index in [0.717, 1.165) is 25.7 Å². The van der Waals surface area contributed by atoms with E-state index in [1.807, 2.05) is 41.5 Å². The predicted molar refractivity (Wildman–Crippen MR) is 134 cm³/mol. The van der Waals surface area contributed by atoms with Crippen molar-refractivity contribution in [3.05, 3.63) is 12.4 Å². The molecule has 0 saturated carbocycles. The summed E-state index contributed by atoms with van der Waals surface area (Å²) in [6, 6.07) is 0. The van der Waals surface area contributed by atoms with Crippen molar-refractivity contribution in [3.63, 3.8) is 0 Å². The fourth-order valence-electron chi connectivity index (χ4n) is 4.26. The second kappa shape index (κ2) is 12.0. The minimum absolute atomic E-state index is 0.193. The number of aromatic nitrogens is 2. The first-order valence-electron chi connectivity index (χ1n) is 12.9. The number of hydrogen-bond donors (Lipinski definition) is 0. The maximum absolute atomic E-state index is 12.4. The van der Waals surface area contributed by atoms with E-state index in [2.05, 4.69) is 9.97 Å². The lowest BCUT2D eigenvalue weighted by atomic mass is 9.99. The first-order valence-corrected chi connectivity index (χ1v) is 12.9. The molecule has 1 aromatic heterocycles. The number of likely N-dealkylation sites (tertiary alicyclic amines) is 2. The Hall–Kier alpha value is -2.78. The van der Waals surface area contributed by atoms with Crippen LogP contribution < -0.4 is 9.47 Å². The lowest BCUT2D eigenvalue weighted by molar-refractivity contribution is 0.0131. The minimum Gasteiger partial charge on any atom is -0.476 e. The van der Waals surface area contributed by atoms with E-state index in [9.17, 15) is 9.59 Å². The van der Waals surface area contributed by atoms with Gasteiger partial charge in [0.1, 0.15) is 11.2 Å². The average Bonchev–Trinajstić information content (AvgIpc) is 2.80. The van der Waals surface area contributed by atoms with Crippen molar-refractivity contribution in [2.45, 2.75) is 78.4 Å². The quantitative estimate of drug-likeness (QED) is 0.554. The van der Waals surface area contributed by atoms with Gasteiger partial charge in [0, 0.05) is 38.0 Å². The van der Waals surface area contributed by atoms with E-state index < -0.39 is 11.2 Å². The summed E-state index contributed by atoms with van der Waals surface area (Å²) >= 11 is 0. The molecule has 0 N–H and O–H groups in total. The molecule has 0 bridgehead atoms. The number of carbonyl (C=O) groups excluding carboxylic acids is 2. The minimum atomic E-state index is -0.512. The second-order valence-electron chi connectivity index (χ2n) is 11.7. The van der Waals surface area contributed by atoms with E-state index >= 15 is 0 Å².